The topological polar surface area (TPSA) is 130 Å². The third-order valence-corrected chi connectivity index (χ3v) is 4.70. The van der Waals surface area contributed by atoms with Crippen LogP contribution < -0.4 is 16.0 Å². The highest BCUT2D eigenvalue weighted by molar-refractivity contribution is 5.84. The molecule has 29 heavy (non-hydrogen) atoms. The SMILES string of the molecule is COCC(=O)NC(CCNC(=O)CCCCc1ccc2c(n1)NCCC2)C(=O)O. The number of nitrogens with one attached hydrogen (secondary N) is 3. The van der Waals surface area contributed by atoms with Crippen molar-refractivity contribution in [3.8, 4) is 0 Å². The van der Waals surface area contributed by atoms with E-state index in [0.29, 0.717) is 6.42 Å². The number of ether oxygens (including phenoxy) is 1. The summed E-state index contributed by atoms with van der Waals surface area (Å²) >= 11 is 0. The van der Waals surface area contributed by atoms with Gasteiger partial charge in [-0.25, -0.2) is 9.78 Å². The molecule has 0 fully saturated rings. The predicted molar refractivity (Wildman–Crippen MR) is 108 cm³/mol. The first kappa shape index (κ1) is 22.6. The molecule has 0 saturated carbocycles. The Balaban J connectivity index is 1.61. The van der Waals surface area contributed by atoms with E-state index in [0.717, 1.165) is 50.2 Å². The molecule has 0 aliphatic carbocycles. The van der Waals surface area contributed by atoms with Crippen molar-refractivity contribution in [1.82, 2.24) is 15.6 Å². The number of pyridine rings is 1. The number of aromatic nitrogens is 1. The Morgan fingerprint density at radius 1 is 1.28 bits per heavy atom. The Bertz CT molecular complexity index is 710. The van der Waals surface area contributed by atoms with Crippen LogP contribution in [-0.4, -0.2) is 60.7 Å². The summed E-state index contributed by atoms with van der Waals surface area (Å²) in [4.78, 5) is 39.2. The predicted octanol–water partition coefficient (Wildman–Crippen LogP) is 0.875. The number of nitrogens with zero attached hydrogens (tertiary/aromatic N) is 1. The summed E-state index contributed by atoms with van der Waals surface area (Å²) in [5.74, 6) is -0.789. The fourth-order valence-corrected chi connectivity index (χ4v) is 3.17. The molecule has 4 N–H and O–H groups in total. The van der Waals surface area contributed by atoms with Gasteiger partial charge in [0.15, 0.2) is 0 Å². The van der Waals surface area contributed by atoms with Gasteiger partial charge in [0.25, 0.3) is 0 Å². The second kappa shape index (κ2) is 12.0. The van der Waals surface area contributed by atoms with Crippen LogP contribution in [0.3, 0.4) is 0 Å². The Labute approximate surface area is 170 Å². The quantitative estimate of drug-likeness (QED) is 0.379. The molecule has 9 heteroatoms. The second-order valence-electron chi connectivity index (χ2n) is 7.08. The number of unbranched alkanes of at least 4 members (excludes halogenated alkanes) is 1. The van der Waals surface area contributed by atoms with Gasteiger partial charge >= 0.3 is 5.97 Å². The van der Waals surface area contributed by atoms with Crippen molar-refractivity contribution < 1.29 is 24.2 Å². The van der Waals surface area contributed by atoms with Gasteiger partial charge in [-0.2, -0.15) is 0 Å². The number of methoxy groups -OCH3 is 1. The van der Waals surface area contributed by atoms with Crippen LogP contribution in [0.5, 0.6) is 0 Å². The summed E-state index contributed by atoms with van der Waals surface area (Å²) in [7, 11) is 1.36. The number of carboxylic acids is 1. The van der Waals surface area contributed by atoms with Gasteiger partial charge in [-0.3, -0.25) is 9.59 Å². The van der Waals surface area contributed by atoms with Gasteiger partial charge in [0.05, 0.1) is 0 Å². The molecule has 1 aliphatic heterocycles. The number of carboxylic acid groups (broad SMARTS) is 1. The summed E-state index contributed by atoms with van der Waals surface area (Å²) in [6, 6.07) is 3.12. The average molecular weight is 406 g/mol. The molecule has 1 aliphatic rings. The number of carbonyl (C=O) groups is 3. The van der Waals surface area contributed by atoms with Crippen molar-refractivity contribution in [3.05, 3.63) is 23.4 Å². The van der Waals surface area contributed by atoms with Crippen molar-refractivity contribution in [2.24, 2.45) is 0 Å². The molecule has 2 amide bonds. The maximum absolute atomic E-state index is 11.9. The van der Waals surface area contributed by atoms with E-state index in [-0.39, 0.29) is 25.5 Å². The number of anilines is 1. The van der Waals surface area contributed by atoms with E-state index in [1.807, 2.05) is 0 Å². The molecule has 2 heterocycles. The highest BCUT2D eigenvalue weighted by Crippen LogP contribution is 2.20. The molecule has 0 bridgehead atoms. The molecule has 1 aromatic heterocycles. The van der Waals surface area contributed by atoms with Gasteiger partial charge < -0.3 is 25.8 Å². The van der Waals surface area contributed by atoms with Crippen LogP contribution in [0, 0.1) is 0 Å². The summed E-state index contributed by atoms with van der Waals surface area (Å²) < 4.78 is 4.66. The lowest BCUT2D eigenvalue weighted by Gasteiger charge is -2.17. The van der Waals surface area contributed by atoms with E-state index >= 15 is 0 Å². The summed E-state index contributed by atoms with van der Waals surface area (Å²) in [5.41, 5.74) is 2.28. The molecule has 1 unspecified atom stereocenters. The monoisotopic (exact) mass is 406 g/mol. The van der Waals surface area contributed by atoms with Crippen LogP contribution in [0.4, 0.5) is 5.82 Å². The summed E-state index contributed by atoms with van der Waals surface area (Å²) in [6.45, 7) is 0.939. The third-order valence-electron chi connectivity index (χ3n) is 4.70. The van der Waals surface area contributed by atoms with Gasteiger partial charge in [-0.15, -0.1) is 0 Å². The van der Waals surface area contributed by atoms with Crippen molar-refractivity contribution in [2.45, 2.75) is 51.0 Å². The maximum Gasteiger partial charge on any atom is 0.326 e. The van der Waals surface area contributed by atoms with Gasteiger partial charge in [0, 0.05) is 32.3 Å². The Kier molecular flexibility index (Phi) is 9.36. The third kappa shape index (κ3) is 8.06. The number of aliphatic carboxylic acids is 1. The largest absolute Gasteiger partial charge is 0.480 e. The van der Waals surface area contributed by atoms with E-state index in [9.17, 15) is 14.4 Å². The zero-order chi connectivity index (χ0) is 21.1. The molecule has 2 rings (SSSR count). The van der Waals surface area contributed by atoms with Crippen LogP contribution in [0.2, 0.25) is 0 Å². The van der Waals surface area contributed by atoms with Gasteiger partial charge in [0.2, 0.25) is 11.8 Å². The van der Waals surface area contributed by atoms with E-state index in [2.05, 4.69) is 37.8 Å². The number of carbonyl (C=O) groups excluding carboxylic acids is 2. The molecule has 9 nitrogen and oxygen atoms in total. The molecule has 0 aromatic carbocycles. The lowest BCUT2D eigenvalue weighted by molar-refractivity contribution is -0.142. The molecule has 1 aromatic rings. The standard InChI is InChI=1S/C20H30N4O5/c1-29-13-18(26)24-16(20(27)28)10-12-21-17(25)7-3-2-6-15-9-8-14-5-4-11-22-19(14)23-15/h8-9,16H,2-7,10-13H2,1H3,(H,21,25)(H,22,23)(H,24,26)(H,27,28). The molecule has 0 saturated heterocycles. The smallest absolute Gasteiger partial charge is 0.326 e. The number of rotatable bonds is 12. The van der Waals surface area contributed by atoms with Crippen LogP contribution in [0.25, 0.3) is 0 Å². The van der Waals surface area contributed by atoms with E-state index in [1.54, 1.807) is 0 Å². The first-order valence-electron chi connectivity index (χ1n) is 10.00. The van der Waals surface area contributed by atoms with Crippen molar-refractivity contribution in [3.63, 3.8) is 0 Å². The van der Waals surface area contributed by atoms with Crippen LogP contribution in [0.15, 0.2) is 12.1 Å². The minimum absolute atomic E-state index is 0.114. The average Bonchev–Trinajstić information content (AvgIpc) is 2.70. The van der Waals surface area contributed by atoms with Crippen LogP contribution >= 0.6 is 0 Å². The minimum atomic E-state index is -1.14. The molecule has 1 atom stereocenters. The molecule has 0 radical (unpaired) electrons. The molecular weight excluding hydrogens is 376 g/mol. The Hall–Kier alpha value is -2.68. The van der Waals surface area contributed by atoms with Gasteiger partial charge in [-0.1, -0.05) is 6.07 Å². The van der Waals surface area contributed by atoms with Gasteiger partial charge in [-0.05, 0) is 50.2 Å². The van der Waals surface area contributed by atoms with Crippen molar-refractivity contribution in [2.75, 3.05) is 32.1 Å². The lowest BCUT2D eigenvalue weighted by Crippen LogP contribution is -2.44. The maximum atomic E-state index is 11.9. The summed E-state index contributed by atoms with van der Waals surface area (Å²) in [5, 5.41) is 17.5. The molecule has 160 valence electrons. The van der Waals surface area contributed by atoms with E-state index in [4.69, 9.17) is 5.11 Å². The van der Waals surface area contributed by atoms with E-state index < -0.39 is 17.9 Å². The summed E-state index contributed by atoms with van der Waals surface area (Å²) in [6.07, 6.45) is 5.08. The van der Waals surface area contributed by atoms with Crippen LogP contribution in [-0.2, 0) is 32.0 Å². The lowest BCUT2D eigenvalue weighted by atomic mass is 10.1. The first-order chi connectivity index (χ1) is 14.0. The number of amides is 2. The Morgan fingerprint density at radius 3 is 2.86 bits per heavy atom. The number of aryl methyl sites for hydroxylation is 2. The zero-order valence-corrected chi connectivity index (χ0v) is 16.8. The Morgan fingerprint density at radius 2 is 2.10 bits per heavy atom. The minimum Gasteiger partial charge on any atom is -0.480 e. The number of fused-ring (bicyclic) bond motifs is 1. The van der Waals surface area contributed by atoms with Crippen molar-refractivity contribution >= 4 is 23.6 Å². The van der Waals surface area contributed by atoms with Crippen molar-refractivity contribution in [1.29, 1.82) is 0 Å². The number of hydrogen-bond donors (Lipinski definition) is 4. The zero-order valence-electron chi connectivity index (χ0n) is 16.8. The second-order valence-corrected chi connectivity index (χ2v) is 7.08. The molecule has 0 spiro atoms. The first-order valence-corrected chi connectivity index (χ1v) is 10.00. The number of hydrogen-bond acceptors (Lipinski definition) is 6. The normalized spacial score (nSPS) is 13.7. The highest BCUT2D eigenvalue weighted by atomic mass is 16.5. The van der Waals surface area contributed by atoms with Crippen LogP contribution in [0.1, 0.15) is 43.4 Å². The van der Waals surface area contributed by atoms with E-state index in [1.165, 1.54) is 12.7 Å². The van der Waals surface area contributed by atoms with Gasteiger partial charge in [0.1, 0.15) is 18.5 Å². The molecular formula is C20H30N4O5. The highest BCUT2D eigenvalue weighted by Gasteiger charge is 2.19. The fraction of sp³-hybridized carbons (Fsp3) is 0.600. The fourth-order valence-electron chi connectivity index (χ4n) is 3.17.